The Morgan fingerprint density at radius 3 is 2.41 bits per heavy atom. The zero-order valence-corrected chi connectivity index (χ0v) is 9.24. The number of H-pyrrole nitrogens is 1. The first-order valence-electron chi connectivity index (χ1n) is 4.74. The fourth-order valence-electron chi connectivity index (χ4n) is 2.04. The number of hydrogen-bond donors (Lipinski definition) is 3. The standard InChI is InChI=1S/C10H8ClNO5/c11-7-5-3-10(8(14)15,9(16)17)2-4(5)1-6(13)12-7/h1H,2-3H2,(H,12,13)(H,14,15)(H,16,17). The summed E-state index contributed by atoms with van der Waals surface area (Å²) in [7, 11) is 0. The van der Waals surface area contributed by atoms with Crippen LogP contribution in [0, 0.1) is 5.41 Å². The molecule has 7 heteroatoms. The summed E-state index contributed by atoms with van der Waals surface area (Å²) in [6.07, 6.45) is -0.445. The highest BCUT2D eigenvalue weighted by Crippen LogP contribution is 2.39. The molecule has 0 fully saturated rings. The van der Waals surface area contributed by atoms with Gasteiger partial charge in [0.05, 0.1) is 0 Å². The van der Waals surface area contributed by atoms with Gasteiger partial charge in [0.15, 0.2) is 5.41 Å². The lowest BCUT2D eigenvalue weighted by Gasteiger charge is -2.17. The number of fused-ring (bicyclic) bond motifs is 1. The predicted octanol–water partition coefficient (Wildman–Crippen LogP) is 0.283. The molecule has 0 bridgehead atoms. The molecule has 0 radical (unpaired) electrons. The maximum absolute atomic E-state index is 11.2. The molecule has 2 rings (SSSR count). The van der Waals surface area contributed by atoms with E-state index in [1.165, 1.54) is 6.07 Å². The van der Waals surface area contributed by atoms with Crippen LogP contribution in [0.25, 0.3) is 0 Å². The van der Waals surface area contributed by atoms with Crippen LogP contribution in [-0.2, 0) is 22.4 Å². The van der Waals surface area contributed by atoms with Crippen LogP contribution < -0.4 is 5.56 Å². The fraction of sp³-hybridized carbons (Fsp3) is 0.300. The molecule has 0 unspecified atom stereocenters. The lowest BCUT2D eigenvalue weighted by molar-refractivity contribution is -0.163. The molecule has 0 atom stereocenters. The maximum Gasteiger partial charge on any atom is 0.321 e. The SMILES string of the molecule is O=C(O)C1(C(=O)O)Cc2cc(=O)[nH]c(Cl)c2C1. The zero-order chi connectivity index (χ0) is 12.8. The van der Waals surface area contributed by atoms with E-state index in [0.29, 0.717) is 11.1 Å². The van der Waals surface area contributed by atoms with Gasteiger partial charge in [0.25, 0.3) is 0 Å². The highest BCUT2D eigenvalue weighted by atomic mass is 35.5. The van der Waals surface area contributed by atoms with Gasteiger partial charge in [-0.2, -0.15) is 0 Å². The van der Waals surface area contributed by atoms with E-state index < -0.39 is 22.9 Å². The van der Waals surface area contributed by atoms with Crippen molar-refractivity contribution < 1.29 is 19.8 Å². The Hall–Kier alpha value is -1.82. The third-order valence-electron chi connectivity index (χ3n) is 2.98. The molecule has 0 saturated carbocycles. The van der Waals surface area contributed by atoms with Crippen LogP contribution in [0.3, 0.4) is 0 Å². The second-order valence-corrected chi connectivity index (χ2v) is 4.38. The van der Waals surface area contributed by atoms with Gasteiger partial charge >= 0.3 is 11.9 Å². The van der Waals surface area contributed by atoms with Crippen molar-refractivity contribution in [1.82, 2.24) is 4.98 Å². The summed E-state index contributed by atoms with van der Waals surface area (Å²) in [5.74, 6) is -2.85. The molecule has 6 nitrogen and oxygen atoms in total. The first-order chi connectivity index (χ1) is 7.86. The highest BCUT2D eigenvalue weighted by Gasteiger charge is 2.51. The number of aliphatic carboxylic acids is 2. The Kier molecular flexibility index (Phi) is 2.46. The molecule has 1 aromatic heterocycles. The third kappa shape index (κ3) is 1.61. The topological polar surface area (TPSA) is 107 Å². The minimum absolute atomic E-state index is 0.0110. The Labute approximate surface area is 99.8 Å². The van der Waals surface area contributed by atoms with Gasteiger partial charge in [-0.05, 0) is 11.1 Å². The minimum atomic E-state index is -1.92. The Bertz CT molecular complexity index is 563. The molecule has 1 aliphatic carbocycles. The summed E-state index contributed by atoms with van der Waals surface area (Å²) in [4.78, 5) is 35.7. The maximum atomic E-state index is 11.2. The molecular weight excluding hydrogens is 250 g/mol. The van der Waals surface area contributed by atoms with Crippen LogP contribution >= 0.6 is 11.6 Å². The van der Waals surface area contributed by atoms with Crippen molar-refractivity contribution in [1.29, 1.82) is 0 Å². The Balaban J connectivity index is 2.58. The van der Waals surface area contributed by atoms with E-state index in [-0.39, 0.29) is 18.0 Å². The van der Waals surface area contributed by atoms with E-state index in [1.54, 1.807) is 0 Å². The molecular formula is C10H8ClNO5. The van der Waals surface area contributed by atoms with E-state index in [1.807, 2.05) is 0 Å². The van der Waals surface area contributed by atoms with Crippen molar-refractivity contribution in [3.63, 3.8) is 0 Å². The summed E-state index contributed by atoms with van der Waals surface area (Å²) < 4.78 is 0. The van der Waals surface area contributed by atoms with E-state index in [4.69, 9.17) is 21.8 Å². The summed E-state index contributed by atoms with van der Waals surface area (Å²) in [6, 6.07) is 1.19. The van der Waals surface area contributed by atoms with Gasteiger partial charge in [-0.1, -0.05) is 11.6 Å². The number of carbonyl (C=O) groups is 2. The Morgan fingerprint density at radius 1 is 1.29 bits per heavy atom. The van der Waals surface area contributed by atoms with Gasteiger partial charge in [0, 0.05) is 18.9 Å². The number of hydrogen-bond acceptors (Lipinski definition) is 3. The number of rotatable bonds is 2. The molecule has 0 aliphatic heterocycles. The number of carboxylic acids is 2. The second kappa shape index (κ2) is 3.59. The summed E-state index contributed by atoms with van der Waals surface area (Å²) in [5.41, 5.74) is -1.63. The number of nitrogens with one attached hydrogen (secondary N) is 1. The molecule has 1 heterocycles. The van der Waals surface area contributed by atoms with Crippen LogP contribution in [0.15, 0.2) is 10.9 Å². The van der Waals surface area contributed by atoms with Crippen molar-refractivity contribution >= 4 is 23.5 Å². The summed E-state index contributed by atoms with van der Waals surface area (Å²) in [5, 5.41) is 18.1. The average molecular weight is 258 g/mol. The monoisotopic (exact) mass is 257 g/mol. The van der Waals surface area contributed by atoms with Crippen LogP contribution in [0.4, 0.5) is 0 Å². The van der Waals surface area contributed by atoms with Crippen molar-refractivity contribution in [3.05, 3.63) is 32.7 Å². The first-order valence-corrected chi connectivity index (χ1v) is 5.12. The zero-order valence-electron chi connectivity index (χ0n) is 8.49. The molecule has 17 heavy (non-hydrogen) atoms. The molecule has 1 aliphatic rings. The third-order valence-corrected chi connectivity index (χ3v) is 3.30. The van der Waals surface area contributed by atoms with Gasteiger partial charge in [0.1, 0.15) is 5.15 Å². The van der Waals surface area contributed by atoms with Crippen LogP contribution in [-0.4, -0.2) is 27.1 Å². The second-order valence-electron chi connectivity index (χ2n) is 4.00. The number of halogens is 1. The number of carboxylic acid groups (broad SMARTS) is 2. The van der Waals surface area contributed by atoms with Crippen LogP contribution in [0.1, 0.15) is 11.1 Å². The van der Waals surface area contributed by atoms with E-state index in [0.717, 1.165) is 0 Å². The molecule has 0 saturated heterocycles. The van der Waals surface area contributed by atoms with Crippen LogP contribution in [0.5, 0.6) is 0 Å². The molecule has 3 N–H and O–H groups in total. The molecule has 0 amide bonds. The molecule has 1 aromatic rings. The van der Waals surface area contributed by atoms with Gasteiger partial charge in [-0.3, -0.25) is 14.4 Å². The molecule has 90 valence electrons. The fourth-order valence-corrected chi connectivity index (χ4v) is 2.32. The number of aromatic amines is 1. The normalized spacial score (nSPS) is 16.5. The van der Waals surface area contributed by atoms with Crippen LogP contribution in [0.2, 0.25) is 5.15 Å². The quantitative estimate of drug-likeness (QED) is 0.521. The average Bonchev–Trinajstić information content (AvgIpc) is 2.58. The first kappa shape index (κ1) is 11.7. The highest BCUT2D eigenvalue weighted by molar-refractivity contribution is 6.30. The summed E-state index contributed by atoms with van der Waals surface area (Å²) in [6.45, 7) is 0. The van der Waals surface area contributed by atoms with Gasteiger partial charge in [-0.25, -0.2) is 0 Å². The van der Waals surface area contributed by atoms with Crippen molar-refractivity contribution in [2.45, 2.75) is 12.8 Å². The Morgan fingerprint density at radius 2 is 1.88 bits per heavy atom. The van der Waals surface area contributed by atoms with Crippen molar-refractivity contribution in [2.24, 2.45) is 5.41 Å². The van der Waals surface area contributed by atoms with E-state index in [2.05, 4.69) is 4.98 Å². The largest absolute Gasteiger partial charge is 0.480 e. The van der Waals surface area contributed by atoms with Crippen molar-refractivity contribution in [3.8, 4) is 0 Å². The number of pyridine rings is 1. The lowest BCUT2D eigenvalue weighted by Crippen LogP contribution is -2.40. The number of aromatic nitrogens is 1. The van der Waals surface area contributed by atoms with E-state index in [9.17, 15) is 14.4 Å². The summed E-state index contributed by atoms with van der Waals surface area (Å²) >= 11 is 5.77. The van der Waals surface area contributed by atoms with Crippen molar-refractivity contribution in [2.75, 3.05) is 0 Å². The molecule has 0 aromatic carbocycles. The lowest BCUT2D eigenvalue weighted by atomic mass is 9.85. The van der Waals surface area contributed by atoms with Gasteiger partial charge in [-0.15, -0.1) is 0 Å². The predicted molar refractivity (Wildman–Crippen MR) is 57.2 cm³/mol. The van der Waals surface area contributed by atoms with Gasteiger partial charge < -0.3 is 15.2 Å². The smallest absolute Gasteiger partial charge is 0.321 e. The van der Waals surface area contributed by atoms with Gasteiger partial charge in [0.2, 0.25) is 5.56 Å². The van der Waals surface area contributed by atoms with E-state index >= 15 is 0 Å². The molecule has 0 spiro atoms. The minimum Gasteiger partial charge on any atom is -0.480 e.